The van der Waals surface area contributed by atoms with Gasteiger partial charge in [-0.2, -0.15) is 0 Å². The summed E-state index contributed by atoms with van der Waals surface area (Å²) in [4.78, 5) is 0. The average Bonchev–Trinajstić information content (AvgIpc) is 2.99. The first-order valence-electron chi connectivity index (χ1n) is 5.20. The van der Waals surface area contributed by atoms with Crippen LogP contribution in [0.1, 0.15) is 24.0 Å². The van der Waals surface area contributed by atoms with Gasteiger partial charge in [0.25, 0.3) is 0 Å². The molecule has 0 aromatic heterocycles. The van der Waals surface area contributed by atoms with Gasteiger partial charge in [-0.1, -0.05) is 30.3 Å². The molecule has 0 saturated heterocycles. The Bertz CT molecular complexity index is 348. The van der Waals surface area contributed by atoms with Crippen LogP contribution in [0.25, 0.3) is 5.57 Å². The molecule has 0 amide bonds. The van der Waals surface area contributed by atoms with E-state index in [1.165, 1.54) is 29.5 Å². The molecular formula is C13H16O. The summed E-state index contributed by atoms with van der Waals surface area (Å²) in [6.45, 7) is 2.28. The Labute approximate surface area is 85.1 Å². The maximum atomic E-state index is 8.99. The molecule has 1 fully saturated rings. The van der Waals surface area contributed by atoms with Crippen molar-refractivity contribution in [3.05, 3.63) is 41.5 Å². The third-order valence-electron chi connectivity index (χ3n) is 2.78. The first-order chi connectivity index (χ1) is 6.83. The molecule has 0 aliphatic heterocycles. The topological polar surface area (TPSA) is 20.2 Å². The van der Waals surface area contributed by atoms with Crippen LogP contribution in [-0.2, 0) is 0 Å². The zero-order valence-corrected chi connectivity index (χ0v) is 8.53. The monoisotopic (exact) mass is 188 g/mol. The van der Waals surface area contributed by atoms with E-state index in [-0.39, 0.29) is 6.61 Å². The fourth-order valence-corrected chi connectivity index (χ4v) is 1.89. The molecule has 1 aromatic carbocycles. The molecule has 0 unspecified atom stereocenters. The average molecular weight is 188 g/mol. The highest BCUT2D eigenvalue weighted by Crippen LogP contribution is 2.42. The molecule has 2 rings (SSSR count). The SMILES string of the molecule is Cc1ccccc1/C(=C\CO)C1CC1. The van der Waals surface area contributed by atoms with Crippen LogP contribution >= 0.6 is 0 Å². The van der Waals surface area contributed by atoms with E-state index in [0.717, 1.165) is 0 Å². The van der Waals surface area contributed by atoms with Crippen molar-refractivity contribution in [2.24, 2.45) is 5.92 Å². The molecule has 0 spiro atoms. The molecule has 1 N–H and O–H groups in total. The molecule has 0 heterocycles. The molecule has 1 aromatic rings. The molecule has 1 nitrogen and oxygen atoms in total. The summed E-state index contributed by atoms with van der Waals surface area (Å²) in [5, 5.41) is 8.99. The zero-order valence-electron chi connectivity index (χ0n) is 8.53. The molecule has 0 bridgehead atoms. The van der Waals surface area contributed by atoms with Crippen LogP contribution in [0.4, 0.5) is 0 Å². The summed E-state index contributed by atoms with van der Waals surface area (Å²) in [7, 11) is 0. The summed E-state index contributed by atoms with van der Waals surface area (Å²) in [6, 6.07) is 8.40. The van der Waals surface area contributed by atoms with Crippen LogP contribution < -0.4 is 0 Å². The fraction of sp³-hybridized carbons (Fsp3) is 0.385. The molecule has 0 atom stereocenters. The number of aliphatic hydroxyl groups excluding tert-OH is 1. The number of benzene rings is 1. The number of allylic oxidation sites excluding steroid dienone is 1. The lowest BCUT2D eigenvalue weighted by atomic mass is 9.97. The molecule has 1 saturated carbocycles. The Morgan fingerprint density at radius 2 is 2.14 bits per heavy atom. The minimum atomic E-state index is 0.153. The predicted octanol–water partition coefficient (Wildman–Crippen LogP) is 2.78. The fourth-order valence-electron chi connectivity index (χ4n) is 1.89. The summed E-state index contributed by atoms with van der Waals surface area (Å²) in [5.41, 5.74) is 3.95. The first-order valence-corrected chi connectivity index (χ1v) is 5.20. The minimum absolute atomic E-state index is 0.153. The van der Waals surface area contributed by atoms with Gasteiger partial charge >= 0.3 is 0 Å². The van der Waals surface area contributed by atoms with Gasteiger partial charge in [0, 0.05) is 0 Å². The molecule has 1 aliphatic carbocycles. The van der Waals surface area contributed by atoms with E-state index in [1.54, 1.807) is 0 Å². The van der Waals surface area contributed by atoms with E-state index in [9.17, 15) is 0 Å². The van der Waals surface area contributed by atoms with Gasteiger partial charge in [0.15, 0.2) is 0 Å². The van der Waals surface area contributed by atoms with E-state index >= 15 is 0 Å². The van der Waals surface area contributed by atoms with Gasteiger partial charge in [-0.05, 0) is 42.4 Å². The Kier molecular flexibility index (Phi) is 2.69. The van der Waals surface area contributed by atoms with Crippen molar-refractivity contribution >= 4 is 5.57 Å². The smallest absolute Gasteiger partial charge is 0.0618 e. The maximum absolute atomic E-state index is 8.99. The van der Waals surface area contributed by atoms with Crippen molar-refractivity contribution in [2.45, 2.75) is 19.8 Å². The highest BCUT2D eigenvalue weighted by molar-refractivity contribution is 5.71. The Morgan fingerprint density at radius 3 is 2.71 bits per heavy atom. The van der Waals surface area contributed by atoms with Crippen LogP contribution in [0.5, 0.6) is 0 Å². The van der Waals surface area contributed by atoms with Crippen molar-refractivity contribution in [3.8, 4) is 0 Å². The van der Waals surface area contributed by atoms with E-state index in [2.05, 4.69) is 31.2 Å². The van der Waals surface area contributed by atoms with Gasteiger partial charge in [0.1, 0.15) is 0 Å². The molecule has 0 radical (unpaired) electrons. The molecule has 1 heteroatoms. The number of rotatable bonds is 3. The first kappa shape index (κ1) is 9.47. The lowest BCUT2D eigenvalue weighted by Gasteiger charge is -2.09. The number of hydrogen-bond acceptors (Lipinski definition) is 1. The number of aryl methyl sites for hydroxylation is 1. The van der Waals surface area contributed by atoms with E-state index in [0.29, 0.717) is 5.92 Å². The molecular weight excluding hydrogens is 172 g/mol. The van der Waals surface area contributed by atoms with Gasteiger partial charge in [-0.15, -0.1) is 0 Å². The van der Waals surface area contributed by atoms with Crippen molar-refractivity contribution in [3.63, 3.8) is 0 Å². The number of aliphatic hydroxyl groups is 1. The summed E-state index contributed by atoms with van der Waals surface area (Å²) < 4.78 is 0. The minimum Gasteiger partial charge on any atom is -0.392 e. The van der Waals surface area contributed by atoms with Crippen molar-refractivity contribution < 1.29 is 5.11 Å². The summed E-state index contributed by atoms with van der Waals surface area (Å²) in [6.07, 6.45) is 4.51. The molecule has 74 valence electrons. The normalized spacial score (nSPS) is 17.1. The standard InChI is InChI=1S/C13H16O/c1-10-4-2-3-5-12(10)13(8-9-14)11-6-7-11/h2-5,8,11,14H,6-7,9H2,1H3/b13-8-. The zero-order chi connectivity index (χ0) is 9.97. The van der Waals surface area contributed by atoms with Gasteiger partial charge in [0.05, 0.1) is 6.61 Å². The third kappa shape index (κ3) is 1.88. The lowest BCUT2D eigenvalue weighted by Crippen LogP contribution is -1.92. The Morgan fingerprint density at radius 1 is 1.43 bits per heavy atom. The second kappa shape index (κ2) is 3.97. The quantitative estimate of drug-likeness (QED) is 0.773. The second-order valence-corrected chi connectivity index (χ2v) is 3.93. The van der Waals surface area contributed by atoms with Gasteiger partial charge in [-0.25, -0.2) is 0 Å². The maximum Gasteiger partial charge on any atom is 0.0618 e. The largest absolute Gasteiger partial charge is 0.392 e. The van der Waals surface area contributed by atoms with Crippen molar-refractivity contribution in [1.29, 1.82) is 0 Å². The highest BCUT2D eigenvalue weighted by Gasteiger charge is 2.27. The van der Waals surface area contributed by atoms with Crippen LogP contribution in [0.15, 0.2) is 30.3 Å². The predicted molar refractivity (Wildman–Crippen MR) is 59.0 cm³/mol. The third-order valence-corrected chi connectivity index (χ3v) is 2.78. The summed E-state index contributed by atoms with van der Waals surface area (Å²) >= 11 is 0. The number of hydrogen-bond donors (Lipinski definition) is 1. The van der Waals surface area contributed by atoms with Crippen LogP contribution in [0, 0.1) is 12.8 Å². The molecule has 1 aliphatic rings. The van der Waals surface area contributed by atoms with Crippen LogP contribution in [0.2, 0.25) is 0 Å². The summed E-state index contributed by atoms with van der Waals surface area (Å²) in [5.74, 6) is 0.697. The highest BCUT2D eigenvalue weighted by atomic mass is 16.2. The van der Waals surface area contributed by atoms with E-state index in [1.807, 2.05) is 6.08 Å². The Balaban J connectivity index is 2.35. The van der Waals surface area contributed by atoms with Crippen LogP contribution in [0.3, 0.4) is 0 Å². The van der Waals surface area contributed by atoms with Crippen molar-refractivity contribution in [2.75, 3.05) is 6.61 Å². The van der Waals surface area contributed by atoms with Crippen LogP contribution in [-0.4, -0.2) is 11.7 Å². The van der Waals surface area contributed by atoms with E-state index < -0.39 is 0 Å². The second-order valence-electron chi connectivity index (χ2n) is 3.93. The van der Waals surface area contributed by atoms with Gasteiger partial charge < -0.3 is 5.11 Å². The lowest BCUT2D eigenvalue weighted by molar-refractivity contribution is 0.343. The van der Waals surface area contributed by atoms with Gasteiger partial charge in [-0.3, -0.25) is 0 Å². The van der Waals surface area contributed by atoms with E-state index in [4.69, 9.17) is 5.11 Å². The van der Waals surface area contributed by atoms with Gasteiger partial charge in [0.2, 0.25) is 0 Å². The van der Waals surface area contributed by atoms with Crippen molar-refractivity contribution in [1.82, 2.24) is 0 Å². The molecule has 14 heavy (non-hydrogen) atoms. The Hall–Kier alpha value is -1.08.